The van der Waals surface area contributed by atoms with E-state index in [0.717, 1.165) is 12.1 Å². The van der Waals surface area contributed by atoms with E-state index < -0.39 is 17.7 Å². The molecule has 0 fully saturated rings. The van der Waals surface area contributed by atoms with E-state index in [-0.39, 0.29) is 12.4 Å². The van der Waals surface area contributed by atoms with Crippen LogP contribution in [0.25, 0.3) is 0 Å². The van der Waals surface area contributed by atoms with Gasteiger partial charge in [-0.1, -0.05) is 6.08 Å². The van der Waals surface area contributed by atoms with Crippen molar-refractivity contribution in [2.24, 2.45) is 0 Å². The fourth-order valence-electron chi connectivity index (χ4n) is 1.54. The van der Waals surface area contributed by atoms with E-state index in [1.54, 1.807) is 13.0 Å². The lowest BCUT2D eigenvalue weighted by molar-refractivity contribution is -0.138. The Bertz CT molecular complexity index is 527. The highest BCUT2D eigenvalue weighted by Gasteiger charge is 2.31. The average molecular weight is 428 g/mol. The van der Waals surface area contributed by atoms with E-state index in [1.165, 1.54) is 12.1 Å². The number of carbonyl (C=O) groups is 1. The van der Waals surface area contributed by atoms with Crippen LogP contribution in [-0.4, -0.2) is 19.2 Å². The molecule has 0 aliphatic carbocycles. The van der Waals surface area contributed by atoms with Crippen LogP contribution in [0.15, 0.2) is 30.4 Å². The SMILES string of the molecule is CCOC(=O)/C=C/CCCOc1cc(C(F)(F)F)ccc1I. The monoisotopic (exact) mass is 428 g/mol. The van der Waals surface area contributed by atoms with Crippen LogP contribution in [0.4, 0.5) is 13.2 Å². The molecule has 0 aromatic heterocycles. The smallest absolute Gasteiger partial charge is 0.416 e. The molecule has 0 spiro atoms. The highest BCUT2D eigenvalue weighted by molar-refractivity contribution is 14.1. The van der Waals surface area contributed by atoms with Gasteiger partial charge >= 0.3 is 12.1 Å². The molecule has 1 rings (SSSR count). The van der Waals surface area contributed by atoms with Crippen molar-refractivity contribution in [3.05, 3.63) is 39.5 Å². The summed E-state index contributed by atoms with van der Waals surface area (Å²) < 4.78 is 48.5. The van der Waals surface area contributed by atoms with Gasteiger partial charge in [0.1, 0.15) is 5.75 Å². The third-order valence-electron chi connectivity index (χ3n) is 2.57. The number of carbonyl (C=O) groups excluding carboxylic acids is 1. The maximum atomic E-state index is 12.6. The van der Waals surface area contributed by atoms with Gasteiger partial charge in [0.2, 0.25) is 0 Å². The third-order valence-corrected chi connectivity index (χ3v) is 3.46. The molecule has 0 N–H and O–H groups in total. The van der Waals surface area contributed by atoms with Gasteiger partial charge < -0.3 is 9.47 Å². The zero-order valence-corrected chi connectivity index (χ0v) is 14.1. The molecule has 0 aliphatic heterocycles. The average Bonchev–Trinajstić information content (AvgIpc) is 2.43. The van der Waals surface area contributed by atoms with Crippen molar-refractivity contribution in [2.75, 3.05) is 13.2 Å². The standard InChI is InChI=1S/C15H16F3IO3/c1-2-21-14(20)6-4-3-5-9-22-13-10-11(15(16,17)18)7-8-12(13)19/h4,6-8,10H,2-3,5,9H2,1H3/b6-4+. The maximum Gasteiger partial charge on any atom is 0.416 e. The molecule has 0 radical (unpaired) electrons. The van der Waals surface area contributed by atoms with Crippen LogP contribution in [0.1, 0.15) is 25.3 Å². The number of esters is 1. The largest absolute Gasteiger partial charge is 0.492 e. The van der Waals surface area contributed by atoms with Gasteiger partial charge in [0.05, 0.1) is 22.3 Å². The number of rotatable bonds is 7. The Balaban J connectivity index is 2.44. The summed E-state index contributed by atoms with van der Waals surface area (Å²) >= 11 is 1.92. The van der Waals surface area contributed by atoms with Crippen LogP contribution in [0.3, 0.4) is 0 Å². The Morgan fingerprint density at radius 3 is 2.73 bits per heavy atom. The summed E-state index contributed by atoms with van der Waals surface area (Å²) in [6.07, 6.45) is -0.239. The minimum absolute atomic E-state index is 0.213. The topological polar surface area (TPSA) is 35.5 Å². The van der Waals surface area contributed by atoms with Gasteiger partial charge in [-0.2, -0.15) is 13.2 Å². The van der Waals surface area contributed by atoms with Crippen molar-refractivity contribution >= 4 is 28.6 Å². The second-order valence-corrected chi connectivity index (χ2v) is 5.45. The molecule has 0 saturated carbocycles. The van der Waals surface area contributed by atoms with Gasteiger partial charge in [0.15, 0.2) is 0 Å². The second-order valence-electron chi connectivity index (χ2n) is 4.29. The minimum Gasteiger partial charge on any atom is -0.492 e. The molecule has 0 atom stereocenters. The maximum absolute atomic E-state index is 12.6. The van der Waals surface area contributed by atoms with Gasteiger partial charge in [0.25, 0.3) is 0 Å². The van der Waals surface area contributed by atoms with Crippen LogP contribution >= 0.6 is 22.6 Å². The van der Waals surface area contributed by atoms with Crippen LogP contribution < -0.4 is 4.74 Å². The van der Waals surface area contributed by atoms with Gasteiger partial charge in [0, 0.05) is 6.08 Å². The van der Waals surface area contributed by atoms with Crippen LogP contribution in [0.5, 0.6) is 5.75 Å². The quantitative estimate of drug-likeness (QED) is 0.276. The molecule has 0 saturated heterocycles. The number of alkyl halides is 3. The first kappa shape index (κ1) is 18.8. The zero-order valence-electron chi connectivity index (χ0n) is 12.0. The van der Waals surface area contributed by atoms with E-state index >= 15 is 0 Å². The van der Waals surface area contributed by atoms with Crippen molar-refractivity contribution < 1.29 is 27.4 Å². The van der Waals surface area contributed by atoms with Gasteiger partial charge in [-0.25, -0.2) is 4.79 Å². The van der Waals surface area contributed by atoms with Crippen LogP contribution in [-0.2, 0) is 15.7 Å². The first-order valence-corrected chi connectivity index (χ1v) is 7.75. The molecule has 122 valence electrons. The van der Waals surface area contributed by atoms with E-state index in [2.05, 4.69) is 0 Å². The predicted octanol–water partition coefficient (Wildman–Crippen LogP) is 4.59. The lowest BCUT2D eigenvalue weighted by Crippen LogP contribution is -2.06. The highest BCUT2D eigenvalue weighted by atomic mass is 127. The Kier molecular flexibility index (Phi) is 7.70. The molecule has 0 bridgehead atoms. The lowest BCUT2D eigenvalue weighted by Gasteiger charge is -2.11. The van der Waals surface area contributed by atoms with Crippen molar-refractivity contribution in [2.45, 2.75) is 25.9 Å². The van der Waals surface area contributed by atoms with Gasteiger partial charge in [-0.3, -0.25) is 0 Å². The van der Waals surface area contributed by atoms with Crippen molar-refractivity contribution in [1.29, 1.82) is 0 Å². The molecular weight excluding hydrogens is 412 g/mol. The van der Waals surface area contributed by atoms with Crippen molar-refractivity contribution in [3.8, 4) is 5.75 Å². The molecule has 7 heteroatoms. The number of hydrogen-bond acceptors (Lipinski definition) is 3. The highest BCUT2D eigenvalue weighted by Crippen LogP contribution is 2.33. The van der Waals surface area contributed by atoms with Gasteiger partial charge in [-0.05, 0) is 60.6 Å². The molecule has 1 aromatic carbocycles. The van der Waals surface area contributed by atoms with E-state index in [4.69, 9.17) is 9.47 Å². The summed E-state index contributed by atoms with van der Waals surface area (Å²) in [5.41, 5.74) is -0.731. The fourth-order valence-corrected chi connectivity index (χ4v) is 2.03. The third kappa shape index (κ3) is 6.67. The normalized spacial score (nSPS) is 11.7. The van der Waals surface area contributed by atoms with Gasteiger partial charge in [-0.15, -0.1) is 0 Å². The number of halogens is 4. The van der Waals surface area contributed by atoms with Crippen LogP contribution in [0.2, 0.25) is 0 Å². The number of unbranched alkanes of at least 4 members (excludes halogenated alkanes) is 1. The molecule has 0 unspecified atom stereocenters. The molecule has 0 heterocycles. The predicted molar refractivity (Wildman–Crippen MR) is 84.7 cm³/mol. The Hall–Kier alpha value is -1.25. The van der Waals surface area contributed by atoms with Crippen LogP contribution in [0, 0.1) is 3.57 Å². The van der Waals surface area contributed by atoms with E-state index in [0.29, 0.717) is 23.0 Å². The number of benzene rings is 1. The lowest BCUT2D eigenvalue weighted by atomic mass is 10.2. The van der Waals surface area contributed by atoms with Crippen molar-refractivity contribution in [1.82, 2.24) is 0 Å². The Morgan fingerprint density at radius 1 is 1.36 bits per heavy atom. The summed E-state index contributed by atoms with van der Waals surface area (Å²) in [5, 5.41) is 0. The van der Waals surface area contributed by atoms with Crippen molar-refractivity contribution in [3.63, 3.8) is 0 Å². The minimum atomic E-state index is -4.38. The molecule has 22 heavy (non-hydrogen) atoms. The summed E-state index contributed by atoms with van der Waals surface area (Å²) in [6.45, 7) is 2.31. The number of hydrogen-bond donors (Lipinski definition) is 0. The molecule has 0 aliphatic rings. The molecular formula is C15H16F3IO3. The summed E-state index contributed by atoms with van der Waals surface area (Å²) in [7, 11) is 0. The molecule has 0 amide bonds. The first-order valence-electron chi connectivity index (χ1n) is 6.67. The molecule has 1 aromatic rings. The number of ether oxygens (including phenoxy) is 2. The Morgan fingerprint density at radius 2 is 2.09 bits per heavy atom. The summed E-state index contributed by atoms with van der Waals surface area (Å²) in [6, 6.07) is 3.40. The zero-order chi connectivity index (χ0) is 16.6. The second kappa shape index (κ2) is 9.02. The fraction of sp³-hybridized carbons (Fsp3) is 0.400. The summed E-state index contributed by atoms with van der Waals surface area (Å²) in [5.74, 6) is -0.194. The number of allylic oxidation sites excluding steroid dienone is 1. The van der Waals surface area contributed by atoms with E-state index in [9.17, 15) is 18.0 Å². The summed E-state index contributed by atoms with van der Waals surface area (Å²) in [4.78, 5) is 11.0. The molecule has 3 nitrogen and oxygen atoms in total. The Labute approximate surface area is 140 Å². The first-order chi connectivity index (χ1) is 10.3. The van der Waals surface area contributed by atoms with E-state index in [1.807, 2.05) is 22.6 Å².